The van der Waals surface area contributed by atoms with Crippen LogP contribution in [0.5, 0.6) is 0 Å². The van der Waals surface area contributed by atoms with Crippen LogP contribution in [-0.2, 0) is 6.54 Å². The van der Waals surface area contributed by atoms with Crippen molar-refractivity contribution in [2.24, 2.45) is 0 Å². The van der Waals surface area contributed by atoms with Gasteiger partial charge in [-0.2, -0.15) is 5.10 Å². The molecule has 1 heterocycles. The highest BCUT2D eigenvalue weighted by atomic mass is 79.9. The Morgan fingerprint density at radius 3 is 2.61 bits per heavy atom. The molecule has 0 aliphatic carbocycles. The van der Waals surface area contributed by atoms with Gasteiger partial charge in [-0.05, 0) is 72.7 Å². The van der Waals surface area contributed by atoms with Crippen LogP contribution in [0.2, 0.25) is 0 Å². The van der Waals surface area contributed by atoms with Crippen LogP contribution in [0, 0.1) is 6.92 Å². The number of Topliss-reactive ketones (excluding diaryl/α,β-unsaturated/α-hetero) is 1. The van der Waals surface area contributed by atoms with E-state index in [1.54, 1.807) is 19.1 Å². The lowest BCUT2D eigenvalue weighted by Gasteiger charge is -2.10. The molecule has 0 fully saturated rings. The van der Waals surface area contributed by atoms with Crippen LogP contribution >= 0.6 is 28.1 Å². The fraction of sp³-hybridized carbons (Fsp3) is 0.312. The number of carbonyl (C=O) groups excluding carboxylic acids is 1. The summed E-state index contributed by atoms with van der Waals surface area (Å²) in [5.74, 6) is 0.0535. The van der Waals surface area contributed by atoms with Gasteiger partial charge in [-0.3, -0.25) is 9.48 Å². The maximum Gasteiger partial charge on any atom is 0.170 e. The van der Waals surface area contributed by atoms with E-state index < -0.39 is 0 Å². The number of halogens is 1. The molecule has 2 rings (SSSR count). The summed E-state index contributed by atoms with van der Waals surface area (Å²) in [5.41, 5.74) is 2.54. The molecule has 0 aliphatic rings. The molecule has 122 valence electrons. The van der Waals surface area contributed by atoms with E-state index in [1.165, 1.54) is 0 Å². The van der Waals surface area contributed by atoms with Crippen LogP contribution in [0.25, 0.3) is 0 Å². The highest BCUT2D eigenvalue weighted by Crippen LogP contribution is 2.13. The van der Waals surface area contributed by atoms with Gasteiger partial charge in [0.25, 0.3) is 0 Å². The van der Waals surface area contributed by atoms with Gasteiger partial charge in [-0.25, -0.2) is 0 Å². The molecule has 1 aromatic heterocycles. The number of thiocarbonyl (C=S) groups is 1. The van der Waals surface area contributed by atoms with Crippen LogP contribution in [0.4, 0.5) is 5.69 Å². The van der Waals surface area contributed by atoms with E-state index in [4.69, 9.17) is 12.2 Å². The normalized spacial score (nSPS) is 10.4. The number of aryl methyl sites for hydroxylation is 2. The highest BCUT2D eigenvalue weighted by molar-refractivity contribution is 9.10. The number of anilines is 1. The molecular formula is C16H19BrN4OS. The van der Waals surface area contributed by atoms with E-state index in [9.17, 15) is 4.79 Å². The summed E-state index contributed by atoms with van der Waals surface area (Å²) < 4.78 is 2.94. The SMILES string of the molecule is CC(=O)c1ccc(NC(=S)NCCCn2cc(Br)c(C)n2)cc1. The Labute approximate surface area is 149 Å². The maximum absolute atomic E-state index is 11.2. The Balaban J connectivity index is 1.71. The maximum atomic E-state index is 11.2. The first-order valence-electron chi connectivity index (χ1n) is 7.31. The summed E-state index contributed by atoms with van der Waals surface area (Å²) in [4.78, 5) is 11.2. The smallest absolute Gasteiger partial charge is 0.170 e. The lowest BCUT2D eigenvalue weighted by Crippen LogP contribution is -2.29. The Morgan fingerprint density at radius 1 is 1.35 bits per heavy atom. The number of nitrogens with zero attached hydrogens (tertiary/aromatic N) is 2. The van der Waals surface area contributed by atoms with Gasteiger partial charge in [0.15, 0.2) is 10.9 Å². The third kappa shape index (κ3) is 5.44. The van der Waals surface area contributed by atoms with E-state index in [2.05, 4.69) is 31.7 Å². The molecule has 5 nitrogen and oxygen atoms in total. The van der Waals surface area contributed by atoms with Crippen LogP contribution in [0.15, 0.2) is 34.9 Å². The number of hydrogen-bond acceptors (Lipinski definition) is 3. The quantitative estimate of drug-likeness (QED) is 0.445. The fourth-order valence-corrected chi connectivity index (χ4v) is 2.55. The number of benzene rings is 1. The number of nitrogens with one attached hydrogen (secondary N) is 2. The summed E-state index contributed by atoms with van der Waals surface area (Å²) in [7, 11) is 0. The first-order chi connectivity index (χ1) is 11.0. The van der Waals surface area contributed by atoms with Crippen molar-refractivity contribution in [1.29, 1.82) is 0 Å². The average Bonchev–Trinajstić information content (AvgIpc) is 2.83. The third-order valence-corrected chi connectivity index (χ3v) is 4.31. The van der Waals surface area contributed by atoms with Gasteiger partial charge in [0, 0.05) is 30.5 Å². The van der Waals surface area contributed by atoms with Gasteiger partial charge in [0.1, 0.15) is 0 Å². The monoisotopic (exact) mass is 394 g/mol. The van der Waals surface area contributed by atoms with Crippen molar-refractivity contribution in [1.82, 2.24) is 15.1 Å². The molecule has 0 spiro atoms. The summed E-state index contributed by atoms with van der Waals surface area (Å²) in [5, 5.41) is 11.2. The van der Waals surface area contributed by atoms with Gasteiger partial charge in [0.05, 0.1) is 10.2 Å². The zero-order valence-electron chi connectivity index (χ0n) is 13.1. The van der Waals surface area contributed by atoms with Crippen molar-refractivity contribution in [2.45, 2.75) is 26.8 Å². The summed E-state index contributed by atoms with van der Waals surface area (Å²) in [6, 6.07) is 7.25. The van der Waals surface area contributed by atoms with Crippen LogP contribution in [-0.4, -0.2) is 27.2 Å². The van der Waals surface area contributed by atoms with E-state index in [0.717, 1.165) is 35.4 Å². The molecule has 0 unspecified atom stereocenters. The lowest BCUT2D eigenvalue weighted by atomic mass is 10.1. The second-order valence-corrected chi connectivity index (χ2v) is 6.46. The van der Waals surface area contributed by atoms with Crippen molar-refractivity contribution in [3.05, 3.63) is 46.2 Å². The molecule has 0 saturated carbocycles. The first-order valence-corrected chi connectivity index (χ1v) is 8.51. The number of carbonyl (C=O) groups is 1. The van der Waals surface area contributed by atoms with Gasteiger partial charge in [-0.15, -0.1) is 0 Å². The number of rotatable bonds is 6. The van der Waals surface area contributed by atoms with Crippen LogP contribution in [0.1, 0.15) is 29.4 Å². The molecule has 0 amide bonds. The van der Waals surface area contributed by atoms with Gasteiger partial charge in [-0.1, -0.05) is 0 Å². The highest BCUT2D eigenvalue weighted by Gasteiger charge is 2.02. The lowest BCUT2D eigenvalue weighted by molar-refractivity contribution is 0.101. The Morgan fingerprint density at radius 2 is 2.04 bits per heavy atom. The first kappa shape index (κ1) is 17.6. The standard InChI is InChI=1S/C16H19BrN4OS/c1-11-15(17)10-21(20-11)9-3-8-18-16(23)19-14-6-4-13(5-7-14)12(2)22/h4-7,10H,3,8-9H2,1-2H3,(H2,18,19,23). The van der Waals surface area contributed by atoms with Crippen molar-refractivity contribution in [3.63, 3.8) is 0 Å². The molecule has 23 heavy (non-hydrogen) atoms. The molecule has 0 radical (unpaired) electrons. The minimum absolute atomic E-state index is 0.0535. The van der Waals surface area contributed by atoms with E-state index in [0.29, 0.717) is 10.7 Å². The molecule has 1 aromatic carbocycles. The van der Waals surface area contributed by atoms with E-state index in [-0.39, 0.29) is 5.78 Å². The van der Waals surface area contributed by atoms with Gasteiger partial charge >= 0.3 is 0 Å². The Hall–Kier alpha value is -1.73. The molecule has 7 heteroatoms. The van der Waals surface area contributed by atoms with E-state index >= 15 is 0 Å². The summed E-state index contributed by atoms with van der Waals surface area (Å²) in [6.07, 6.45) is 2.89. The number of aromatic nitrogens is 2. The van der Waals surface area contributed by atoms with Crippen molar-refractivity contribution < 1.29 is 4.79 Å². The number of ketones is 1. The van der Waals surface area contributed by atoms with Crippen LogP contribution in [0.3, 0.4) is 0 Å². The van der Waals surface area contributed by atoms with Crippen molar-refractivity contribution in [2.75, 3.05) is 11.9 Å². The second-order valence-electron chi connectivity index (χ2n) is 5.19. The molecule has 0 atom stereocenters. The molecular weight excluding hydrogens is 376 g/mol. The van der Waals surface area contributed by atoms with Gasteiger partial charge < -0.3 is 10.6 Å². The van der Waals surface area contributed by atoms with Crippen molar-refractivity contribution in [3.8, 4) is 0 Å². The fourth-order valence-electron chi connectivity index (χ4n) is 2.01. The molecule has 2 N–H and O–H groups in total. The van der Waals surface area contributed by atoms with E-state index in [1.807, 2.05) is 29.9 Å². The average molecular weight is 395 g/mol. The largest absolute Gasteiger partial charge is 0.362 e. The minimum atomic E-state index is 0.0535. The second kappa shape index (κ2) is 8.21. The Kier molecular flexibility index (Phi) is 6.29. The van der Waals surface area contributed by atoms with Crippen LogP contribution < -0.4 is 10.6 Å². The molecule has 0 aliphatic heterocycles. The summed E-state index contributed by atoms with van der Waals surface area (Å²) >= 11 is 8.70. The summed E-state index contributed by atoms with van der Waals surface area (Å²) in [6.45, 7) is 5.10. The predicted molar refractivity (Wildman–Crippen MR) is 100.0 cm³/mol. The predicted octanol–water partition coefficient (Wildman–Crippen LogP) is 3.53. The zero-order valence-corrected chi connectivity index (χ0v) is 15.5. The van der Waals surface area contributed by atoms with Gasteiger partial charge in [0.2, 0.25) is 0 Å². The molecule has 2 aromatic rings. The van der Waals surface area contributed by atoms with Crippen molar-refractivity contribution >= 4 is 44.7 Å². The molecule has 0 saturated heterocycles. The molecule has 0 bridgehead atoms. The third-order valence-electron chi connectivity index (χ3n) is 3.29. The zero-order chi connectivity index (χ0) is 16.8. The number of hydrogen-bond donors (Lipinski definition) is 2. The Bertz CT molecular complexity index is 677. The topological polar surface area (TPSA) is 59.0 Å². The minimum Gasteiger partial charge on any atom is -0.362 e.